The molecule has 56 valence electrons. The molecule has 0 aliphatic heterocycles. The number of hydrogen-bond acceptors (Lipinski definition) is 3. The Hall–Kier alpha value is -2.20. The molecule has 1 rings (SSSR count). The molecule has 1 aromatic carbocycles. The first-order valence-corrected chi connectivity index (χ1v) is 3.14. The van der Waals surface area contributed by atoms with Gasteiger partial charge in [-0.25, -0.2) is 0 Å². The second-order valence-electron chi connectivity index (χ2n) is 1.95. The molecule has 4 heteroatoms. The molecule has 4 nitrogen and oxygen atoms in total. The highest BCUT2D eigenvalue weighted by Crippen LogP contribution is 2.12. The second kappa shape index (κ2) is 3.85. The summed E-state index contributed by atoms with van der Waals surface area (Å²) in [5.41, 5.74) is 1.14. The highest BCUT2D eigenvalue weighted by atomic mass is 15.3. The van der Waals surface area contributed by atoms with Crippen molar-refractivity contribution in [3.8, 4) is 6.07 Å². The van der Waals surface area contributed by atoms with Crippen molar-refractivity contribution in [2.24, 2.45) is 10.3 Å². The Kier molecular flexibility index (Phi) is 2.53. The normalized spacial score (nSPS) is 9.17. The van der Waals surface area contributed by atoms with Crippen LogP contribution in [0.4, 0.5) is 5.69 Å². The Morgan fingerprint density at radius 1 is 1.33 bits per heavy atom. The van der Waals surface area contributed by atoms with Gasteiger partial charge in [-0.2, -0.15) is 5.26 Å². The molecule has 0 aliphatic rings. The minimum atomic E-state index is 0.566. The van der Waals surface area contributed by atoms with E-state index < -0.39 is 0 Å². The van der Waals surface area contributed by atoms with Crippen molar-refractivity contribution in [2.45, 2.75) is 0 Å². The molecule has 0 bridgehead atoms. The van der Waals surface area contributed by atoms with Crippen LogP contribution in [0.25, 0.3) is 4.95 Å². The highest BCUT2D eigenvalue weighted by molar-refractivity contribution is 5.41. The predicted octanol–water partition coefficient (Wildman–Crippen LogP) is 2.48. The first kappa shape index (κ1) is 7.90. The summed E-state index contributed by atoms with van der Waals surface area (Å²) >= 11 is 0. The Bertz CT molecular complexity index is 364. The lowest BCUT2D eigenvalue weighted by molar-refractivity contribution is 1.22. The molecule has 0 spiro atoms. The highest BCUT2D eigenvalue weighted by Gasteiger charge is 1.95. The van der Waals surface area contributed by atoms with Gasteiger partial charge in [0.1, 0.15) is 0 Å². The molecule has 0 N–H and O–H groups in total. The molecule has 0 atom stereocenters. The van der Waals surface area contributed by atoms with Gasteiger partial charge in [-0.1, -0.05) is 0 Å². The van der Waals surface area contributed by atoms with Crippen LogP contribution in [-0.2, 0) is 0 Å². The molecule has 0 heterocycles. The Labute approximate surface area is 69.6 Å². The fraction of sp³-hybridized carbons (Fsp3) is 0. The number of rotatable bonds is 1. The van der Waals surface area contributed by atoms with E-state index in [4.69, 9.17) is 11.8 Å². The quantitative estimate of drug-likeness (QED) is 0.350. The van der Waals surface area contributed by atoms with E-state index in [1.807, 2.05) is 6.07 Å². The molecule has 1 aromatic rings. The first-order chi connectivity index (χ1) is 5.86. The summed E-state index contributed by atoms with van der Waals surface area (Å²) in [7, 11) is 0. The molecule has 0 radical (unpaired) electrons. The average Bonchev–Trinajstić information content (AvgIpc) is 2.15. The smallest absolute Gasteiger partial charge is 0.209 e. The first-order valence-electron chi connectivity index (χ1n) is 3.14. The maximum atomic E-state index is 8.45. The fourth-order valence-corrected chi connectivity index (χ4v) is 0.677. The summed E-state index contributed by atoms with van der Waals surface area (Å²) in [5, 5.41) is 15.1. The van der Waals surface area contributed by atoms with Crippen LogP contribution in [0.3, 0.4) is 0 Å². The number of hydrogen-bond donors (Lipinski definition) is 0. The van der Waals surface area contributed by atoms with Gasteiger partial charge in [0.05, 0.1) is 16.7 Å². The molecule has 0 unspecified atom stereocenters. The summed E-state index contributed by atoms with van der Waals surface area (Å²) in [4.78, 5) is 2.72. The zero-order chi connectivity index (χ0) is 8.81. The topological polar surface area (TPSA) is 52.9 Å². The largest absolute Gasteiger partial charge is 0.347 e. The molecule has 0 aromatic heterocycles. The predicted molar refractivity (Wildman–Crippen MR) is 42.3 cm³/mol. The Morgan fingerprint density at radius 2 is 2.00 bits per heavy atom. The lowest BCUT2D eigenvalue weighted by atomic mass is 10.2. The van der Waals surface area contributed by atoms with E-state index in [-0.39, 0.29) is 0 Å². The second-order valence-corrected chi connectivity index (χ2v) is 1.95. The van der Waals surface area contributed by atoms with E-state index in [1.54, 1.807) is 24.3 Å². The molecule has 0 fully saturated rings. The third kappa shape index (κ3) is 1.89. The van der Waals surface area contributed by atoms with Gasteiger partial charge < -0.3 is 6.57 Å². The summed E-state index contributed by atoms with van der Waals surface area (Å²) in [6, 6.07) is 8.49. The maximum absolute atomic E-state index is 8.45. The number of benzene rings is 1. The van der Waals surface area contributed by atoms with Gasteiger partial charge in [-0.15, -0.1) is 0 Å². The van der Waals surface area contributed by atoms with Crippen molar-refractivity contribution in [1.82, 2.24) is 0 Å². The molecule has 12 heavy (non-hydrogen) atoms. The number of nitrogens with zero attached hydrogens (tertiary/aromatic N) is 4. The van der Waals surface area contributed by atoms with E-state index >= 15 is 0 Å². The summed E-state index contributed by atoms with van der Waals surface area (Å²) in [5.74, 6) is 0. The summed E-state index contributed by atoms with van der Waals surface area (Å²) in [6.07, 6.45) is 0. The molecule has 0 saturated heterocycles. The average molecular weight is 156 g/mol. The van der Waals surface area contributed by atoms with E-state index in [0.29, 0.717) is 11.3 Å². The van der Waals surface area contributed by atoms with Crippen molar-refractivity contribution in [3.63, 3.8) is 0 Å². The van der Waals surface area contributed by atoms with Gasteiger partial charge in [0.15, 0.2) is 0 Å². The molecular formula is C8H4N4. The summed E-state index contributed by atoms with van der Waals surface area (Å²) < 4.78 is 0. The fourth-order valence-electron chi connectivity index (χ4n) is 0.677. The van der Waals surface area contributed by atoms with Crippen LogP contribution in [0.5, 0.6) is 0 Å². The Balaban J connectivity index is 2.88. The van der Waals surface area contributed by atoms with Crippen LogP contribution in [0.15, 0.2) is 34.6 Å². The van der Waals surface area contributed by atoms with Crippen LogP contribution >= 0.6 is 0 Å². The zero-order valence-electron chi connectivity index (χ0n) is 6.10. The Morgan fingerprint density at radius 3 is 2.50 bits per heavy atom. The third-order valence-electron chi connectivity index (χ3n) is 1.20. The molecule has 0 aliphatic carbocycles. The van der Waals surface area contributed by atoms with Crippen LogP contribution in [0.1, 0.15) is 5.56 Å². The van der Waals surface area contributed by atoms with Gasteiger partial charge in [0.25, 0.3) is 0 Å². The van der Waals surface area contributed by atoms with E-state index in [2.05, 4.69) is 15.3 Å². The van der Waals surface area contributed by atoms with Crippen molar-refractivity contribution in [3.05, 3.63) is 41.4 Å². The SMILES string of the molecule is [C-]#[N+]N=Nc1ccc(C#N)cc1. The lowest BCUT2D eigenvalue weighted by Crippen LogP contribution is -1.69. The molecule has 0 saturated carbocycles. The lowest BCUT2D eigenvalue weighted by Gasteiger charge is -1.83. The van der Waals surface area contributed by atoms with Gasteiger partial charge in [0.2, 0.25) is 10.9 Å². The van der Waals surface area contributed by atoms with Crippen LogP contribution in [0.2, 0.25) is 0 Å². The standard InChI is InChI=1S/C8H4N4/c1-10-12-11-8-4-2-7(6-9)3-5-8/h2-5H. The van der Waals surface area contributed by atoms with Crippen LogP contribution in [0, 0.1) is 17.9 Å². The van der Waals surface area contributed by atoms with Crippen LogP contribution in [-0.4, -0.2) is 0 Å². The van der Waals surface area contributed by atoms with E-state index in [1.165, 1.54) is 0 Å². The maximum Gasteiger partial charge on any atom is 0.209 e. The molecular weight excluding hydrogens is 152 g/mol. The monoisotopic (exact) mass is 156 g/mol. The van der Waals surface area contributed by atoms with Crippen LogP contribution < -0.4 is 0 Å². The number of nitriles is 1. The van der Waals surface area contributed by atoms with Gasteiger partial charge in [-0.3, -0.25) is 4.95 Å². The van der Waals surface area contributed by atoms with E-state index in [0.717, 1.165) is 0 Å². The third-order valence-corrected chi connectivity index (χ3v) is 1.20. The van der Waals surface area contributed by atoms with Gasteiger partial charge in [-0.05, 0) is 24.3 Å². The van der Waals surface area contributed by atoms with E-state index in [9.17, 15) is 0 Å². The van der Waals surface area contributed by atoms with Crippen molar-refractivity contribution in [2.75, 3.05) is 0 Å². The summed E-state index contributed by atoms with van der Waals surface area (Å²) in [6.45, 7) is 6.34. The zero-order valence-corrected chi connectivity index (χ0v) is 6.10. The van der Waals surface area contributed by atoms with Crippen molar-refractivity contribution >= 4 is 5.69 Å². The minimum absolute atomic E-state index is 0.566. The van der Waals surface area contributed by atoms with Crippen molar-refractivity contribution < 1.29 is 0 Å². The van der Waals surface area contributed by atoms with Gasteiger partial charge >= 0.3 is 0 Å². The van der Waals surface area contributed by atoms with Gasteiger partial charge in [0, 0.05) is 0 Å². The minimum Gasteiger partial charge on any atom is -0.347 e. The molecule has 0 amide bonds. The van der Waals surface area contributed by atoms with Crippen molar-refractivity contribution in [1.29, 1.82) is 5.26 Å².